The smallest absolute Gasteiger partial charge is 0.234 e. The standard InChI is InChI=1S/C19H22N4O3S2/c1-13(24)20-14-5-4-6-15(9-14)21-17(25)12-28-19-22-16(11-27-19)10-18(26)23-7-2-3-8-23/h4-6,9,11H,2-3,7-8,10,12H2,1H3,(H,20,24)(H,21,25). The summed E-state index contributed by atoms with van der Waals surface area (Å²) in [5, 5.41) is 7.37. The van der Waals surface area contributed by atoms with E-state index in [4.69, 9.17) is 0 Å². The number of hydrogen-bond donors (Lipinski definition) is 2. The van der Waals surface area contributed by atoms with Crippen molar-refractivity contribution in [3.8, 4) is 0 Å². The molecule has 1 aromatic carbocycles. The Kier molecular flexibility index (Phi) is 7.05. The fraction of sp³-hybridized carbons (Fsp3) is 0.368. The molecule has 7 nitrogen and oxygen atoms in total. The number of benzene rings is 1. The fourth-order valence-corrected chi connectivity index (χ4v) is 4.52. The van der Waals surface area contributed by atoms with Gasteiger partial charge in [0.1, 0.15) is 0 Å². The molecular formula is C19H22N4O3S2. The molecule has 1 saturated heterocycles. The summed E-state index contributed by atoms with van der Waals surface area (Å²) in [7, 11) is 0. The van der Waals surface area contributed by atoms with Gasteiger partial charge in [0.15, 0.2) is 4.34 Å². The number of thiazole rings is 1. The summed E-state index contributed by atoms with van der Waals surface area (Å²) in [6.45, 7) is 3.12. The van der Waals surface area contributed by atoms with E-state index in [-0.39, 0.29) is 23.5 Å². The average Bonchev–Trinajstić information content (AvgIpc) is 3.32. The van der Waals surface area contributed by atoms with Crippen molar-refractivity contribution >= 4 is 52.2 Å². The van der Waals surface area contributed by atoms with E-state index in [1.807, 2.05) is 10.3 Å². The maximum absolute atomic E-state index is 12.2. The van der Waals surface area contributed by atoms with E-state index >= 15 is 0 Å². The van der Waals surface area contributed by atoms with Crippen LogP contribution in [0.3, 0.4) is 0 Å². The SMILES string of the molecule is CC(=O)Nc1cccc(NC(=O)CSc2nc(CC(=O)N3CCCC3)cs2)c1. The number of anilines is 2. The Morgan fingerprint density at radius 3 is 2.61 bits per heavy atom. The number of thioether (sulfide) groups is 1. The number of likely N-dealkylation sites (tertiary alicyclic amines) is 1. The van der Waals surface area contributed by atoms with Crippen molar-refractivity contribution in [2.45, 2.75) is 30.5 Å². The van der Waals surface area contributed by atoms with Gasteiger partial charge < -0.3 is 15.5 Å². The lowest BCUT2D eigenvalue weighted by atomic mass is 10.2. The van der Waals surface area contributed by atoms with Crippen LogP contribution >= 0.6 is 23.1 Å². The van der Waals surface area contributed by atoms with Crippen LogP contribution in [0.4, 0.5) is 11.4 Å². The largest absolute Gasteiger partial charge is 0.342 e. The highest BCUT2D eigenvalue weighted by molar-refractivity contribution is 8.01. The summed E-state index contributed by atoms with van der Waals surface area (Å²) in [4.78, 5) is 41.8. The molecule has 1 aliphatic rings. The van der Waals surface area contributed by atoms with Gasteiger partial charge in [-0.15, -0.1) is 11.3 Å². The van der Waals surface area contributed by atoms with E-state index in [0.717, 1.165) is 36.0 Å². The molecule has 9 heteroatoms. The summed E-state index contributed by atoms with van der Waals surface area (Å²) in [6.07, 6.45) is 2.47. The molecule has 0 atom stereocenters. The first-order valence-electron chi connectivity index (χ1n) is 9.02. The molecule has 2 aromatic rings. The Balaban J connectivity index is 1.46. The maximum Gasteiger partial charge on any atom is 0.234 e. The van der Waals surface area contributed by atoms with Crippen LogP contribution in [-0.4, -0.2) is 46.4 Å². The summed E-state index contributed by atoms with van der Waals surface area (Å²) in [5.74, 6) is 0.0186. The van der Waals surface area contributed by atoms with Crippen molar-refractivity contribution in [1.29, 1.82) is 0 Å². The van der Waals surface area contributed by atoms with Gasteiger partial charge in [0, 0.05) is 36.8 Å². The van der Waals surface area contributed by atoms with E-state index in [2.05, 4.69) is 15.6 Å². The fourth-order valence-electron chi connectivity index (χ4n) is 2.87. The van der Waals surface area contributed by atoms with Gasteiger partial charge in [-0.25, -0.2) is 4.98 Å². The third-order valence-corrected chi connectivity index (χ3v) is 6.19. The van der Waals surface area contributed by atoms with Gasteiger partial charge in [-0.3, -0.25) is 14.4 Å². The van der Waals surface area contributed by atoms with Gasteiger partial charge >= 0.3 is 0 Å². The zero-order valence-corrected chi connectivity index (χ0v) is 17.2. The molecular weight excluding hydrogens is 396 g/mol. The summed E-state index contributed by atoms with van der Waals surface area (Å²) in [6, 6.07) is 6.99. The second kappa shape index (κ2) is 9.70. The van der Waals surface area contributed by atoms with Gasteiger partial charge in [0.05, 0.1) is 17.9 Å². The van der Waals surface area contributed by atoms with Crippen molar-refractivity contribution in [2.24, 2.45) is 0 Å². The summed E-state index contributed by atoms with van der Waals surface area (Å²) < 4.78 is 0.770. The number of hydrogen-bond acceptors (Lipinski definition) is 6. The first-order chi connectivity index (χ1) is 13.5. The molecule has 0 spiro atoms. The first-order valence-corrected chi connectivity index (χ1v) is 10.9. The highest BCUT2D eigenvalue weighted by atomic mass is 32.2. The van der Waals surface area contributed by atoms with Crippen molar-refractivity contribution < 1.29 is 14.4 Å². The lowest BCUT2D eigenvalue weighted by Crippen LogP contribution is -2.29. The highest BCUT2D eigenvalue weighted by Gasteiger charge is 2.19. The Hall–Kier alpha value is -2.39. The van der Waals surface area contributed by atoms with Crippen molar-refractivity contribution in [2.75, 3.05) is 29.5 Å². The molecule has 0 bridgehead atoms. The predicted octanol–water partition coefficient (Wildman–Crippen LogP) is 3.00. The molecule has 148 valence electrons. The Morgan fingerprint density at radius 2 is 1.89 bits per heavy atom. The van der Waals surface area contributed by atoms with Crippen molar-refractivity contribution in [1.82, 2.24) is 9.88 Å². The van der Waals surface area contributed by atoms with Crippen LogP contribution in [0, 0.1) is 0 Å². The average molecular weight is 419 g/mol. The number of carbonyl (C=O) groups excluding carboxylic acids is 3. The van der Waals surface area contributed by atoms with E-state index in [9.17, 15) is 14.4 Å². The van der Waals surface area contributed by atoms with Gasteiger partial charge in [-0.1, -0.05) is 17.8 Å². The van der Waals surface area contributed by atoms with E-state index < -0.39 is 0 Å². The number of nitrogens with one attached hydrogen (secondary N) is 2. The first kappa shape index (κ1) is 20.3. The maximum atomic E-state index is 12.2. The lowest BCUT2D eigenvalue weighted by molar-refractivity contribution is -0.129. The monoisotopic (exact) mass is 418 g/mol. The van der Waals surface area contributed by atoms with Crippen molar-refractivity contribution in [3.63, 3.8) is 0 Å². The lowest BCUT2D eigenvalue weighted by Gasteiger charge is -2.13. The molecule has 3 amide bonds. The van der Waals surface area contributed by atoms with Crippen molar-refractivity contribution in [3.05, 3.63) is 35.3 Å². The normalized spacial score (nSPS) is 13.4. The summed E-state index contributed by atoms with van der Waals surface area (Å²) in [5.41, 5.74) is 2.01. The topological polar surface area (TPSA) is 91.4 Å². The molecule has 1 fully saturated rings. The molecule has 0 saturated carbocycles. The zero-order chi connectivity index (χ0) is 19.9. The van der Waals surface area contributed by atoms with Crippen LogP contribution in [-0.2, 0) is 20.8 Å². The molecule has 0 unspecified atom stereocenters. The predicted molar refractivity (Wildman–Crippen MR) is 112 cm³/mol. The molecule has 0 radical (unpaired) electrons. The molecule has 0 aliphatic carbocycles. The number of rotatable bonds is 7. The van der Waals surface area contributed by atoms with Crippen LogP contribution in [0.2, 0.25) is 0 Å². The number of nitrogens with zero attached hydrogens (tertiary/aromatic N) is 2. The molecule has 2 heterocycles. The minimum atomic E-state index is -0.165. The van der Waals surface area contributed by atoms with Gasteiger partial charge in [0.25, 0.3) is 0 Å². The zero-order valence-electron chi connectivity index (χ0n) is 15.6. The van der Waals surface area contributed by atoms with Gasteiger partial charge in [0.2, 0.25) is 17.7 Å². The highest BCUT2D eigenvalue weighted by Crippen LogP contribution is 2.24. The van der Waals surface area contributed by atoms with Crippen LogP contribution in [0.25, 0.3) is 0 Å². The van der Waals surface area contributed by atoms with E-state index in [1.54, 1.807) is 24.3 Å². The van der Waals surface area contributed by atoms with Crippen LogP contribution < -0.4 is 10.6 Å². The molecule has 28 heavy (non-hydrogen) atoms. The van der Waals surface area contributed by atoms with Crippen LogP contribution in [0.5, 0.6) is 0 Å². The van der Waals surface area contributed by atoms with E-state index in [0.29, 0.717) is 17.8 Å². The third kappa shape index (κ3) is 6.07. The Bertz CT molecular complexity index is 862. The van der Waals surface area contributed by atoms with E-state index in [1.165, 1.54) is 30.0 Å². The number of amides is 3. The second-order valence-corrected chi connectivity index (χ2v) is 8.55. The Labute approximate surface area is 171 Å². The second-order valence-electron chi connectivity index (χ2n) is 6.47. The minimum absolute atomic E-state index is 0.121. The third-order valence-electron chi connectivity index (χ3n) is 4.12. The Morgan fingerprint density at radius 1 is 1.18 bits per heavy atom. The van der Waals surface area contributed by atoms with Gasteiger partial charge in [-0.2, -0.15) is 0 Å². The minimum Gasteiger partial charge on any atom is -0.342 e. The molecule has 1 aromatic heterocycles. The number of carbonyl (C=O) groups is 3. The van der Waals surface area contributed by atoms with Crippen LogP contribution in [0.1, 0.15) is 25.5 Å². The van der Waals surface area contributed by atoms with Gasteiger partial charge in [-0.05, 0) is 31.0 Å². The van der Waals surface area contributed by atoms with Crippen LogP contribution in [0.15, 0.2) is 34.0 Å². The molecule has 1 aliphatic heterocycles. The molecule has 2 N–H and O–H groups in total. The number of aromatic nitrogens is 1. The molecule has 3 rings (SSSR count). The quantitative estimate of drug-likeness (QED) is 0.675. The summed E-state index contributed by atoms with van der Waals surface area (Å²) >= 11 is 2.79.